The Labute approximate surface area is 151 Å². The van der Waals surface area contributed by atoms with Crippen LogP contribution in [0.4, 0.5) is 17.4 Å². The molecule has 2 aliphatic heterocycles. The van der Waals surface area contributed by atoms with Crippen LogP contribution in [0.2, 0.25) is 0 Å². The van der Waals surface area contributed by atoms with Crippen LogP contribution in [0.3, 0.4) is 0 Å². The lowest BCUT2D eigenvalue weighted by Crippen LogP contribution is -2.50. The summed E-state index contributed by atoms with van der Waals surface area (Å²) in [6.07, 6.45) is 2.92. The van der Waals surface area contributed by atoms with Crippen molar-refractivity contribution >= 4 is 49.0 Å². The number of benzene rings is 1. The summed E-state index contributed by atoms with van der Waals surface area (Å²) in [5.41, 5.74) is 0.375. The largest absolute Gasteiger partial charge is 0.738 e. The maximum atomic E-state index is 15.0. The van der Waals surface area contributed by atoms with E-state index in [1.54, 1.807) is 0 Å². The molecular weight excluding hydrogens is 455 g/mol. The van der Waals surface area contributed by atoms with E-state index in [4.69, 9.17) is 0 Å². The molecule has 0 bridgehead atoms. The molecule has 0 N–H and O–H groups in total. The van der Waals surface area contributed by atoms with Gasteiger partial charge in [0, 0.05) is 39.3 Å². The molecule has 24 heavy (non-hydrogen) atoms. The summed E-state index contributed by atoms with van der Waals surface area (Å²) in [5, 5.41) is 0. The molecule has 0 atom stereocenters. The second-order valence-corrected chi connectivity index (χ2v) is 7.04. The molecule has 1 aromatic heterocycles. The fourth-order valence-corrected chi connectivity index (χ4v) is 4.24. The van der Waals surface area contributed by atoms with Gasteiger partial charge in [0.15, 0.2) is 5.70 Å². The summed E-state index contributed by atoms with van der Waals surface area (Å²) < 4.78 is 59.9. The van der Waals surface area contributed by atoms with Gasteiger partial charge < -0.3 is 17.6 Å². The third kappa shape index (κ3) is 2.04. The maximum absolute atomic E-state index is 15.0. The summed E-state index contributed by atoms with van der Waals surface area (Å²) in [6.45, 7) is -4.18. The Morgan fingerprint density at radius 3 is 2.50 bits per heavy atom. The molecule has 0 amide bonds. The highest BCUT2D eigenvalue weighted by Crippen LogP contribution is 2.42. The van der Waals surface area contributed by atoms with Crippen molar-refractivity contribution in [3.63, 3.8) is 0 Å². The summed E-state index contributed by atoms with van der Waals surface area (Å²) in [6, 6.07) is 5.91. The molecule has 122 valence electrons. The fraction of sp³-hybridized carbons (Fsp3) is 0. The standard InChI is InChI=1S/C15H7BBr2F4N2/c17-13-5-3-11-15(9-7-8(19)1-2-10(9)20)12-4-6-14(18)24(12)16(21,22)23(11)13/h1-7H. The predicted octanol–water partition coefficient (Wildman–Crippen LogP) is 4.90. The molecule has 2 aliphatic rings. The van der Waals surface area contributed by atoms with Crippen LogP contribution in [0.25, 0.3) is 5.57 Å². The van der Waals surface area contributed by atoms with Crippen LogP contribution in [-0.4, -0.2) is 20.6 Å². The Morgan fingerprint density at radius 1 is 1.00 bits per heavy atom. The smallest absolute Gasteiger partial charge is 0.389 e. The average Bonchev–Trinajstić information content (AvgIpc) is 3.08. The number of hydrogen-bond acceptors (Lipinski definition) is 0. The van der Waals surface area contributed by atoms with Crippen LogP contribution in [0.1, 0.15) is 11.3 Å². The SMILES string of the molecule is Fc1ccc(F)c(C2=C3C=CC(Br)=[N+]3[B-](F)(F)n3c(Br)ccc32)c1. The molecule has 0 fully saturated rings. The highest BCUT2D eigenvalue weighted by molar-refractivity contribution is 9.18. The van der Waals surface area contributed by atoms with Gasteiger partial charge in [-0.3, -0.25) is 0 Å². The van der Waals surface area contributed by atoms with E-state index >= 15 is 0 Å². The third-order valence-corrected chi connectivity index (χ3v) is 5.36. The van der Waals surface area contributed by atoms with Gasteiger partial charge in [0.2, 0.25) is 4.62 Å². The van der Waals surface area contributed by atoms with Gasteiger partial charge in [0.1, 0.15) is 11.6 Å². The molecule has 2 nitrogen and oxygen atoms in total. The van der Waals surface area contributed by atoms with E-state index < -0.39 is 18.6 Å². The van der Waals surface area contributed by atoms with Crippen LogP contribution in [0.5, 0.6) is 0 Å². The second-order valence-electron chi connectivity index (χ2n) is 5.41. The van der Waals surface area contributed by atoms with Gasteiger partial charge in [-0.1, -0.05) is 0 Å². The van der Waals surface area contributed by atoms with Crippen LogP contribution in [0.15, 0.2) is 52.8 Å². The predicted molar refractivity (Wildman–Crippen MR) is 91.2 cm³/mol. The third-order valence-electron chi connectivity index (χ3n) is 4.07. The highest BCUT2D eigenvalue weighted by Gasteiger charge is 2.54. The van der Waals surface area contributed by atoms with E-state index in [0.29, 0.717) is 0 Å². The number of halogens is 6. The van der Waals surface area contributed by atoms with Crippen LogP contribution >= 0.6 is 31.9 Å². The van der Waals surface area contributed by atoms with Crippen molar-refractivity contribution in [2.75, 3.05) is 0 Å². The first-order chi connectivity index (χ1) is 11.3. The summed E-state index contributed by atoms with van der Waals surface area (Å²) in [5.74, 6) is -1.33. The molecule has 4 rings (SSSR count). The minimum Gasteiger partial charge on any atom is -0.389 e. The Kier molecular flexibility index (Phi) is 3.44. The van der Waals surface area contributed by atoms with E-state index in [1.807, 2.05) is 0 Å². The summed E-state index contributed by atoms with van der Waals surface area (Å²) >= 11 is 6.23. The van der Waals surface area contributed by atoms with Crippen LogP contribution in [0, 0.1) is 11.6 Å². The molecule has 0 spiro atoms. The molecule has 2 aromatic rings. The van der Waals surface area contributed by atoms with E-state index in [0.717, 1.165) is 27.2 Å². The van der Waals surface area contributed by atoms with Crippen molar-refractivity contribution in [1.29, 1.82) is 0 Å². The normalized spacial score (nSPS) is 18.2. The fourth-order valence-electron chi connectivity index (χ4n) is 3.10. The lowest BCUT2D eigenvalue weighted by molar-refractivity contribution is -0.358. The van der Waals surface area contributed by atoms with Gasteiger partial charge in [-0.05, 0) is 46.3 Å². The summed E-state index contributed by atoms with van der Waals surface area (Å²) in [7, 11) is 0. The van der Waals surface area contributed by atoms with Crippen molar-refractivity contribution in [3.05, 3.63) is 75.7 Å². The lowest BCUT2D eigenvalue weighted by atomic mass is 9.86. The van der Waals surface area contributed by atoms with Gasteiger partial charge >= 0.3 is 6.97 Å². The molecule has 0 saturated heterocycles. The topological polar surface area (TPSA) is 7.94 Å². The monoisotopic (exact) mass is 460 g/mol. The minimum atomic E-state index is -4.18. The number of rotatable bonds is 1. The molecule has 0 unspecified atom stereocenters. The molecule has 0 radical (unpaired) electrons. The first kappa shape index (κ1) is 15.9. The van der Waals surface area contributed by atoms with E-state index in [1.165, 1.54) is 24.3 Å². The van der Waals surface area contributed by atoms with Crippen molar-refractivity contribution in [2.45, 2.75) is 0 Å². The molecule has 0 aliphatic carbocycles. The Hall–Kier alpha value is -1.61. The molecule has 1 aromatic carbocycles. The van der Waals surface area contributed by atoms with Crippen molar-refractivity contribution in [1.82, 2.24) is 4.48 Å². The van der Waals surface area contributed by atoms with Gasteiger partial charge in [0.05, 0.1) is 10.2 Å². The van der Waals surface area contributed by atoms with Crippen molar-refractivity contribution in [3.8, 4) is 0 Å². The van der Waals surface area contributed by atoms with Crippen molar-refractivity contribution < 1.29 is 21.9 Å². The zero-order valence-electron chi connectivity index (χ0n) is 11.8. The zero-order valence-corrected chi connectivity index (χ0v) is 15.0. The van der Waals surface area contributed by atoms with Crippen molar-refractivity contribution in [2.24, 2.45) is 0 Å². The molecule has 0 saturated carbocycles. The van der Waals surface area contributed by atoms with Gasteiger partial charge in [-0.15, -0.1) is 0 Å². The van der Waals surface area contributed by atoms with Gasteiger partial charge in [-0.2, -0.15) is 0 Å². The van der Waals surface area contributed by atoms with Gasteiger partial charge in [-0.25, -0.2) is 8.78 Å². The molecular formula is C15H7BBr2F4N2. The Bertz CT molecular complexity index is 991. The number of fused-ring (bicyclic) bond motifs is 2. The maximum Gasteiger partial charge on any atom is 0.738 e. The Morgan fingerprint density at radius 2 is 1.75 bits per heavy atom. The van der Waals surface area contributed by atoms with Crippen LogP contribution in [-0.2, 0) is 0 Å². The second kappa shape index (κ2) is 5.19. The number of allylic oxidation sites excluding steroid dienone is 2. The van der Waals surface area contributed by atoms with Gasteiger partial charge in [0.25, 0.3) is 0 Å². The first-order valence-corrected chi connectivity index (χ1v) is 8.50. The average molecular weight is 462 g/mol. The minimum absolute atomic E-state index is 0.0694. The van der Waals surface area contributed by atoms with E-state index in [9.17, 15) is 17.4 Å². The summed E-state index contributed by atoms with van der Waals surface area (Å²) in [4.78, 5) is 0. The first-order valence-electron chi connectivity index (χ1n) is 6.91. The lowest BCUT2D eigenvalue weighted by Gasteiger charge is -2.32. The quantitative estimate of drug-likeness (QED) is 0.421. The molecule has 9 heteroatoms. The van der Waals surface area contributed by atoms with E-state index in [-0.39, 0.29) is 31.8 Å². The highest BCUT2D eigenvalue weighted by atomic mass is 79.9. The zero-order chi connectivity index (χ0) is 17.2. The number of nitrogens with zero attached hydrogens (tertiary/aromatic N) is 2. The van der Waals surface area contributed by atoms with E-state index in [2.05, 4.69) is 31.9 Å². The Balaban J connectivity index is 2.14. The van der Waals surface area contributed by atoms with Crippen LogP contribution < -0.4 is 0 Å². The number of aromatic nitrogens is 1. The number of hydrogen-bond donors (Lipinski definition) is 0. The molecule has 3 heterocycles.